The lowest BCUT2D eigenvalue weighted by Crippen LogP contribution is -2.52. The number of nitrogens with zero attached hydrogens (tertiary/aromatic N) is 1. The highest BCUT2D eigenvalue weighted by molar-refractivity contribution is 5.90. The van der Waals surface area contributed by atoms with E-state index in [1.807, 2.05) is 55.5 Å². The van der Waals surface area contributed by atoms with E-state index in [4.69, 9.17) is 4.74 Å². The van der Waals surface area contributed by atoms with Crippen molar-refractivity contribution in [3.63, 3.8) is 0 Å². The van der Waals surface area contributed by atoms with Crippen molar-refractivity contribution < 1.29 is 29.3 Å². The van der Waals surface area contributed by atoms with E-state index in [2.05, 4.69) is 5.32 Å². The van der Waals surface area contributed by atoms with E-state index < -0.39 is 36.2 Å². The largest absolute Gasteiger partial charge is 0.480 e. The van der Waals surface area contributed by atoms with Crippen LogP contribution in [0.4, 0.5) is 4.79 Å². The molecule has 1 aliphatic carbocycles. The third-order valence-electron chi connectivity index (χ3n) is 6.36. The maximum atomic E-state index is 13.0. The molecule has 2 aliphatic rings. The number of alkyl carbamates (subject to hydrolysis) is 1. The molecular weight excluding hydrogens is 424 g/mol. The number of benzene rings is 2. The van der Waals surface area contributed by atoms with Gasteiger partial charge in [-0.15, -0.1) is 0 Å². The molecule has 8 heteroatoms. The fraction of sp³-hybridized carbons (Fsp3) is 0.400. The Bertz CT molecular complexity index is 1010. The minimum atomic E-state index is -1.17. The molecule has 3 atom stereocenters. The molecule has 0 saturated carbocycles. The molecule has 3 N–H and O–H groups in total. The molecule has 1 heterocycles. The second-order valence-corrected chi connectivity index (χ2v) is 8.55. The van der Waals surface area contributed by atoms with Crippen LogP contribution in [0.5, 0.6) is 0 Å². The summed E-state index contributed by atoms with van der Waals surface area (Å²) >= 11 is 0. The first kappa shape index (κ1) is 22.8. The smallest absolute Gasteiger partial charge is 0.407 e. The van der Waals surface area contributed by atoms with Gasteiger partial charge in [0.15, 0.2) is 0 Å². The molecule has 1 saturated heterocycles. The number of hydrogen-bond acceptors (Lipinski definition) is 5. The van der Waals surface area contributed by atoms with Gasteiger partial charge in [-0.1, -0.05) is 61.9 Å². The number of rotatable bonds is 7. The van der Waals surface area contributed by atoms with Crippen LogP contribution >= 0.6 is 0 Å². The minimum Gasteiger partial charge on any atom is -0.480 e. The lowest BCUT2D eigenvalue weighted by atomic mass is 9.98. The van der Waals surface area contributed by atoms with Crippen LogP contribution in [-0.2, 0) is 14.3 Å². The third-order valence-corrected chi connectivity index (χ3v) is 6.36. The van der Waals surface area contributed by atoms with Crippen molar-refractivity contribution in [1.29, 1.82) is 0 Å². The van der Waals surface area contributed by atoms with E-state index in [0.29, 0.717) is 12.8 Å². The Kier molecular flexibility index (Phi) is 6.65. The Morgan fingerprint density at radius 3 is 2.27 bits per heavy atom. The van der Waals surface area contributed by atoms with Gasteiger partial charge in [0.1, 0.15) is 18.7 Å². The van der Waals surface area contributed by atoms with Crippen molar-refractivity contribution in [1.82, 2.24) is 10.2 Å². The molecule has 1 fully saturated rings. The summed E-state index contributed by atoms with van der Waals surface area (Å²) in [4.78, 5) is 38.3. The van der Waals surface area contributed by atoms with Gasteiger partial charge < -0.3 is 25.2 Å². The highest BCUT2D eigenvalue weighted by Gasteiger charge is 2.41. The van der Waals surface area contributed by atoms with Crippen molar-refractivity contribution >= 4 is 18.0 Å². The molecular formula is C25H28N2O6. The van der Waals surface area contributed by atoms with Crippen LogP contribution in [0.2, 0.25) is 0 Å². The van der Waals surface area contributed by atoms with E-state index in [1.165, 1.54) is 0 Å². The molecule has 174 valence electrons. The first-order chi connectivity index (χ1) is 15.9. The van der Waals surface area contributed by atoms with Crippen LogP contribution in [-0.4, -0.2) is 64.4 Å². The number of aliphatic hydroxyl groups is 1. The van der Waals surface area contributed by atoms with Gasteiger partial charge in [-0.2, -0.15) is 0 Å². The van der Waals surface area contributed by atoms with E-state index in [9.17, 15) is 24.6 Å². The maximum Gasteiger partial charge on any atom is 0.407 e. The van der Waals surface area contributed by atoms with Crippen LogP contribution in [0, 0.1) is 0 Å². The van der Waals surface area contributed by atoms with Crippen molar-refractivity contribution in [2.45, 2.75) is 50.3 Å². The Morgan fingerprint density at radius 1 is 1.09 bits per heavy atom. The summed E-state index contributed by atoms with van der Waals surface area (Å²) < 4.78 is 5.54. The Morgan fingerprint density at radius 2 is 1.70 bits per heavy atom. The van der Waals surface area contributed by atoms with Gasteiger partial charge in [-0.25, -0.2) is 9.59 Å². The molecule has 33 heavy (non-hydrogen) atoms. The van der Waals surface area contributed by atoms with Gasteiger partial charge in [0, 0.05) is 18.9 Å². The number of nitrogens with one attached hydrogen (secondary N) is 1. The topological polar surface area (TPSA) is 116 Å². The molecule has 1 aliphatic heterocycles. The van der Waals surface area contributed by atoms with Crippen LogP contribution in [0.25, 0.3) is 11.1 Å². The van der Waals surface area contributed by atoms with Crippen LogP contribution in [0.1, 0.15) is 43.2 Å². The summed E-state index contributed by atoms with van der Waals surface area (Å²) in [5.74, 6) is -1.79. The van der Waals surface area contributed by atoms with E-state index in [1.54, 1.807) is 0 Å². The quantitative estimate of drug-likeness (QED) is 0.595. The lowest BCUT2D eigenvalue weighted by Gasteiger charge is -2.27. The fourth-order valence-corrected chi connectivity index (χ4v) is 4.82. The average molecular weight is 453 g/mol. The van der Waals surface area contributed by atoms with Crippen molar-refractivity contribution in [3.05, 3.63) is 59.7 Å². The Balaban J connectivity index is 1.43. The van der Waals surface area contributed by atoms with Crippen molar-refractivity contribution in [2.75, 3.05) is 13.2 Å². The monoisotopic (exact) mass is 452 g/mol. The number of amides is 2. The third kappa shape index (κ3) is 4.57. The summed E-state index contributed by atoms with van der Waals surface area (Å²) in [6.45, 7) is 1.92. The number of aliphatic hydroxyl groups excluding tert-OH is 1. The number of aliphatic carboxylic acids is 1. The molecule has 2 amide bonds. The van der Waals surface area contributed by atoms with E-state index in [-0.39, 0.29) is 25.5 Å². The number of carboxylic acid groups (broad SMARTS) is 1. The standard InChI is InChI=1S/C25H28N2O6/c1-2-7-21(23(29)27-13-15(28)12-22(27)24(30)31)26-25(32)33-14-20-18-10-5-3-8-16(18)17-9-4-6-11-19(17)20/h3-6,8-11,15,20-22,28H,2,7,12-14H2,1H3,(H,26,32)(H,30,31)/t15-,21-,22-/m0/s1. The van der Waals surface area contributed by atoms with Gasteiger partial charge in [-0.3, -0.25) is 4.79 Å². The second-order valence-electron chi connectivity index (χ2n) is 8.55. The highest BCUT2D eigenvalue weighted by Crippen LogP contribution is 2.44. The summed E-state index contributed by atoms with van der Waals surface area (Å²) in [7, 11) is 0. The molecule has 2 aromatic rings. The number of carboxylic acids is 1. The van der Waals surface area contributed by atoms with Crippen molar-refractivity contribution in [2.24, 2.45) is 0 Å². The number of carbonyl (C=O) groups excluding carboxylic acids is 2. The first-order valence-corrected chi connectivity index (χ1v) is 11.2. The summed E-state index contributed by atoms with van der Waals surface area (Å²) in [5, 5.41) is 21.9. The van der Waals surface area contributed by atoms with E-state index in [0.717, 1.165) is 27.2 Å². The molecule has 0 radical (unpaired) electrons. The summed E-state index contributed by atoms with van der Waals surface area (Å²) in [6.07, 6.45) is -0.705. The number of carbonyl (C=O) groups is 3. The predicted octanol–water partition coefficient (Wildman–Crippen LogP) is 2.74. The maximum absolute atomic E-state index is 13.0. The number of fused-ring (bicyclic) bond motifs is 3. The predicted molar refractivity (Wildman–Crippen MR) is 121 cm³/mol. The number of ether oxygens (including phenoxy) is 1. The van der Waals surface area contributed by atoms with Crippen LogP contribution < -0.4 is 5.32 Å². The number of likely N-dealkylation sites (tertiary alicyclic amines) is 1. The van der Waals surface area contributed by atoms with Gasteiger partial charge in [0.2, 0.25) is 5.91 Å². The summed E-state index contributed by atoms with van der Waals surface area (Å²) in [5.41, 5.74) is 4.41. The average Bonchev–Trinajstić information content (AvgIpc) is 3.35. The van der Waals surface area contributed by atoms with Gasteiger partial charge in [0.25, 0.3) is 0 Å². The molecule has 2 aromatic carbocycles. The summed E-state index contributed by atoms with van der Waals surface area (Å²) in [6, 6.07) is 14.0. The SMILES string of the molecule is CCC[C@H](NC(=O)OCC1c2ccccc2-c2ccccc21)C(=O)N1C[C@@H](O)C[C@H]1C(=O)O. The highest BCUT2D eigenvalue weighted by atomic mass is 16.5. The Hall–Kier alpha value is -3.39. The van der Waals surface area contributed by atoms with Crippen LogP contribution in [0.15, 0.2) is 48.5 Å². The molecule has 0 aromatic heterocycles. The van der Waals surface area contributed by atoms with Gasteiger partial charge in [0.05, 0.1) is 6.10 Å². The Labute approximate surface area is 192 Å². The zero-order valence-electron chi connectivity index (χ0n) is 18.4. The molecule has 0 unspecified atom stereocenters. The molecule has 0 bridgehead atoms. The lowest BCUT2D eigenvalue weighted by molar-refractivity contribution is -0.149. The first-order valence-electron chi connectivity index (χ1n) is 11.2. The molecule has 4 rings (SSSR count). The van der Waals surface area contributed by atoms with Crippen molar-refractivity contribution in [3.8, 4) is 11.1 Å². The number of β-amino-alcohol motifs (C(OH)–C–C–N with tert-alkyl or cyclic N) is 1. The van der Waals surface area contributed by atoms with E-state index >= 15 is 0 Å². The second kappa shape index (κ2) is 9.62. The molecule has 0 spiro atoms. The van der Waals surface area contributed by atoms with Gasteiger partial charge in [-0.05, 0) is 28.7 Å². The normalized spacial score (nSPS) is 20.1. The fourth-order valence-electron chi connectivity index (χ4n) is 4.82. The number of hydrogen-bond donors (Lipinski definition) is 3. The van der Waals surface area contributed by atoms with Crippen LogP contribution in [0.3, 0.4) is 0 Å². The zero-order valence-corrected chi connectivity index (χ0v) is 18.4. The van der Waals surface area contributed by atoms with Gasteiger partial charge >= 0.3 is 12.1 Å². The minimum absolute atomic E-state index is 0.0230. The zero-order chi connectivity index (χ0) is 23.5. The molecule has 8 nitrogen and oxygen atoms in total.